The first-order valence-electron chi connectivity index (χ1n) is 7.73. The van der Waals surface area contributed by atoms with Gasteiger partial charge in [0.25, 0.3) is 0 Å². The van der Waals surface area contributed by atoms with Crippen LogP contribution in [0.4, 0.5) is 5.82 Å². The van der Waals surface area contributed by atoms with E-state index in [0.29, 0.717) is 0 Å². The molecule has 2 saturated heterocycles. The monoisotopic (exact) mass is 276 g/mol. The van der Waals surface area contributed by atoms with Crippen LogP contribution in [0.5, 0.6) is 0 Å². The number of carbonyl (C=O) groups is 1. The molecule has 0 bridgehead atoms. The number of anilines is 1. The lowest BCUT2D eigenvalue weighted by Gasteiger charge is -2.26. The third-order valence-corrected chi connectivity index (χ3v) is 4.51. The van der Waals surface area contributed by atoms with E-state index in [4.69, 9.17) is 0 Å². The van der Waals surface area contributed by atoms with Gasteiger partial charge >= 0.3 is 0 Å². The summed E-state index contributed by atoms with van der Waals surface area (Å²) >= 11 is 0. The molecule has 0 spiro atoms. The predicted octanol–water partition coefficient (Wildman–Crippen LogP) is 1.71. The maximum absolute atomic E-state index is 12.7. The number of hydrogen-bond acceptors (Lipinski definition) is 3. The minimum Gasteiger partial charge on any atom is -0.296 e. The largest absolute Gasteiger partial charge is 0.296 e. The Morgan fingerprint density at radius 3 is 2.45 bits per heavy atom. The SMILES string of the molecule is Cc1cc(N2CCC(N3CCCCCC3)C2=O)n(C)n1. The molecule has 0 saturated carbocycles. The van der Waals surface area contributed by atoms with E-state index in [1.54, 1.807) is 0 Å². The molecule has 1 amide bonds. The zero-order valence-electron chi connectivity index (χ0n) is 12.5. The Bertz CT molecular complexity index is 488. The van der Waals surface area contributed by atoms with Crippen LogP contribution in [0, 0.1) is 6.92 Å². The van der Waals surface area contributed by atoms with Crippen LogP contribution in [0.25, 0.3) is 0 Å². The maximum Gasteiger partial charge on any atom is 0.245 e. The Morgan fingerprint density at radius 2 is 1.85 bits per heavy atom. The summed E-state index contributed by atoms with van der Waals surface area (Å²) in [5.41, 5.74) is 0.966. The smallest absolute Gasteiger partial charge is 0.245 e. The van der Waals surface area contributed by atoms with Gasteiger partial charge in [-0.15, -0.1) is 0 Å². The van der Waals surface area contributed by atoms with Gasteiger partial charge in [-0.2, -0.15) is 5.10 Å². The molecular weight excluding hydrogens is 252 g/mol. The first kappa shape index (κ1) is 13.6. The summed E-state index contributed by atoms with van der Waals surface area (Å²) < 4.78 is 1.82. The molecule has 20 heavy (non-hydrogen) atoms. The van der Waals surface area contributed by atoms with Crippen molar-refractivity contribution in [3.8, 4) is 0 Å². The Labute approximate surface area is 120 Å². The predicted molar refractivity (Wildman–Crippen MR) is 78.7 cm³/mol. The fourth-order valence-electron chi connectivity index (χ4n) is 3.49. The lowest BCUT2D eigenvalue weighted by Crippen LogP contribution is -2.42. The summed E-state index contributed by atoms with van der Waals surface area (Å²) in [6.07, 6.45) is 6.02. The van der Waals surface area contributed by atoms with Gasteiger partial charge in [-0.1, -0.05) is 12.8 Å². The molecule has 0 radical (unpaired) electrons. The molecule has 2 aliphatic heterocycles. The lowest BCUT2D eigenvalue weighted by atomic mass is 10.2. The average Bonchev–Trinajstić information content (AvgIpc) is 2.82. The van der Waals surface area contributed by atoms with Gasteiger partial charge in [-0.3, -0.25) is 19.3 Å². The molecule has 2 aliphatic rings. The molecule has 1 unspecified atom stereocenters. The number of nitrogens with zero attached hydrogens (tertiary/aromatic N) is 4. The molecule has 0 aromatic carbocycles. The molecule has 110 valence electrons. The van der Waals surface area contributed by atoms with Crippen LogP contribution in [-0.2, 0) is 11.8 Å². The van der Waals surface area contributed by atoms with Crippen LogP contribution < -0.4 is 4.90 Å². The molecule has 2 fully saturated rings. The first-order chi connectivity index (χ1) is 9.66. The van der Waals surface area contributed by atoms with Crippen LogP contribution in [-0.4, -0.2) is 46.3 Å². The first-order valence-corrected chi connectivity index (χ1v) is 7.73. The van der Waals surface area contributed by atoms with Crippen molar-refractivity contribution in [2.45, 2.75) is 45.1 Å². The number of aryl methyl sites for hydroxylation is 2. The maximum atomic E-state index is 12.7. The topological polar surface area (TPSA) is 41.4 Å². The zero-order valence-corrected chi connectivity index (χ0v) is 12.5. The molecule has 0 aliphatic carbocycles. The highest BCUT2D eigenvalue weighted by molar-refractivity contribution is 5.98. The molecular formula is C15H24N4O. The van der Waals surface area contributed by atoms with Crippen LogP contribution in [0.3, 0.4) is 0 Å². The summed E-state index contributed by atoms with van der Waals surface area (Å²) in [6.45, 7) is 4.94. The zero-order chi connectivity index (χ0) is 14.1. The number of hydrogen-bond donors (Lipinski definition) is 0. The molecule has 1 atom stereocenters. The van der Waals surface area contributed by atoms with Crippen molar-refractivity contribution in [1.29, 1.82) is 0 Å². The van der Waals surface area contributed by atoms with E-state index < -0.39 is 0 Å². The number of aromatic nitrogens is 2. The van der Waals surface area contributed by atoms with E-state index >= 15 is 0 Å². The fourth-order valence-corrected chi connectivity index (χ4v) is 3.49. The summed E-state index contributed by atoms with van der Waals surface area (Å²) in [5, 5.41) is 4.35. The van der Waals surface area contributed by atoms with Crippen molar-refractivity contribution in [2.24, 2.45) is 7.05 Å². The highest BCUT2D eigenvalue weighted by Gasteiger charge is 2.37. The average molecular weight is 276 g/mol. The minimum atomic E-state index is 0.0864. The van der Waals surface area contributed by atoms with Crippen LogP contribution in [0.1, 0.15) is 37.8 Å². The van der Waals surface area contributed by atoms with Crippen molar-refractivity contribution in [1.82, 2.24) is 14.7 Å². The van der Waals surface area contributed by atoms with Gasteiger partial charge in [-0.05, 0) is 39.3 Å². The number of likely N-dealkylation sites (tertiary alicyclic amines) is 1. The molecule has 3 heterocycles. The minimum absolute atomic E-state index is 0.0864. The van der Waals surface area contributed by atoms with Gasteiger partial charge in [0.2, 0.25) is 5.91 Å². The highest BCUT2D eigenvalue weighted by Crippen LogP contribution is 2.26. The second-order valence-electron chi connectivity index (χ2n) is 6.01. The molecule has 0 N–H and O–H groups in total. The van der Waals surface area contributed by atoms with E-state index in [-0.39, 0.29) is 11.9 Å². The third kappa shape index (κ3) is 2.46. The van der Waals surface area contributed by atoms with Crippen molar-refractivity contribution in [2.75, 3.05) is 24.5 Å². The fraction of sp³-hybridized carbons (Fsp3) is 0.733. The normalized spacial score (nSPS) is 25.2. The van der Waals surface area contributed by atoms with Crippen LogP contribution in [0.2, 0.25) is 0 Å². The summed E-state index contributed by atoms with van der Waals surface area (Å²) in [7, 11) is 1.91. The summed E-state index contributed by atoms with van der Waals surface area (Å²) in [6, 6.07) is 2.09. The molecule has 5 nitrogen and oxygen atoms in total. The van der Waals surface area contributed by atoms with Crippen molar-refractivity contribution in [3.05, 3.63) is 11.8 Å². The molecule has 1 aromatic rings. The van der Waals surface area contributed by atoms with Gasteiger partial charge in [0.1, 0.15) is 5.82 Å². The number of carbonyl (C=O) groups excluding carboxylic acids is 1. The second-order valence-corrected chi connectivity index (χ2v) is 6.01. The van der Waals surface area contributed by atoms with Crippen LogP contribution in [0.15, 0.2) is 6.07 Å². The van der Waals surface area contributed by atoms with E-state index in [0.717, 1.165) is 37.6 Å². The second kappa shape index (κ2) is 5.56. The van der Waals surface area contributed by atoms with Gasteiger partial charge in [-0.25, -0.2) is 0 Å². The Hall–Kier alpha value is -1.36. The van der Waals surface area contributed by atoms with E-state index in [1.807, 2.05) is 29.6 Å². The molecule has 1 aromatic heterocycles. The van der Waals surface area contributed by atoms with Crippen LogP contribution >= 0.6 is 0 Å². The third-order valence-electron chi connectivity index (χ3n) is 4.51. The van der Waals surface area contributed by atoms with Gasteiger partial charge < -0.3 is 0 Å². The lowest BCUT2D eigenvalue weighted by molar-refractivity contribution is -0.121. The number of amides is 1. The summed E-state index contributed by atoms with van der Waals surface area (Å²) in [5.74, 6) is 1.19. The molecule has 3 rings (SSSR count). The molecule has 5 heteroatoms. The van der Waals surface area contributed by atoms with Gasteiger partial charge in [0, 0.05) is 19.7 Å². The standard InChI is InChI=1S/C15H24N4O/c1-12-11-14(17(2)16-12)19-10-7-13(15(19)20)18-8-5-3-4-6-9-18/h11,13H,3-10H2,1-2H3. The van der Waals surface area contributed by atoms with Crippen molar-refractivity contribution >= 4 is 11.7 Å². The Balaban J connectivity index is 1.75. The van der Waals surface area contributed by atoms with E-state index in [2.05, 4.69) is 10.00 Å². The van der Waals surface area contributed by atoms with Crippen molar-refractivity contribution in [3.63, 3.8) is 0 Å². The van der Waals surface area contributed by atoms with Gasteiger partial charge in [0.05, 0.1) is 11.7 Å². The Morgan fingerprint density at radius 1 is 1.15 bits per heavy atom. The quantitative estimate of drug-likeness (QED) is 0.826. The van der Waals surface area contributed by atoms with Crippen molar-refractivity contribution < 1.29 is 4.79 Å². The highest BCUT2D eigenvalue weighted by atomic mass is 16.2. The number of rotatable bonds is 2. The van der Waals surface area contributed by atoms with E-state index in [9.17, 15) is 4.79 Å². The summed E-state index contributed by atoms with van der Waals surface area (Å²) in [4.78, 5) is 17.0. The van der Waals surface area contributed by atoms with Gasteiger partial charge in [0.15, 0.2) is 0 Å². The Kier molecular flexibility index (Phi) is 3.78. The van der Waals surface area contributed by atoms with E-state index in [1.165, 1.54) is 25.7 Å².